The lowest BCUT2D eigenvalue weighted by atomic mass is 9.86. The Morgan fingerprint density at radius 1 is 1.00 bits per heavy atom. The van der Waals surface area contributed by atoms with Crippen LogP contribution in [0.25, 0.3) is 0 Å². The van der Waals surface area contributed by atoms with E-state index in [-0.39, 0.29) is 23.7 Å². The number of halogens is 1. The van der Waals surface area contributed by atoms with Crippen LogP contribution in [0.4, 0.5) is 0 Å². The Morgan fingerprint density at radius 2 is 1.50 bits per heavy atom. The van der Waals surface area contributed by atoms with E-state index in [2.05, 4.69) is 44.9 Å². The molecule has 112 valence electrons. The van der Waals surface area contributed by atoms with Crippen molar-refractivity contribution in [3.05, 3.63) is 35.4 Å². The lowest BCUT2D eigenvalue weighted by Gasteiger charge is -2.32. The van der Waals surface area contributed by atoms with Gasteiger partial charge in [-0.3, -0.25) is 4.79 Å². The summed E-state index contributed by atoms with van der Waals surface area (Å²) in [6.45, 7) is 10.1. The molecule has 1 saturated heterocycles. The van der Waals surface area contributed by atoms with Crippen molar-refractivity contribution >= 4 is 18.3 Å². The van der Waals surface area contributed by atoms with Gasteiger partial charge in [-0.05, 0) is 30.2 Å². The quantitative estimate of drug-likeness (QED) is 0.795. The molecule has 0 aromatic heterocycles. The van der Waals surface area contributed by atoms with Gasteiger partial charge < -0.3 is 9.80 Å². The Hall–Kier alpha value is -1.06. The predicted molar refractivity (Wildman–Crippen MR) is 85.8 cm³/mol. The molecule has 3 nitrogen and oxygen atoms in total. The van der Waals surface area contributed by atoms with E-state index in [1.54, 1.807) is 0 Å². The Morgan fingerprint density at radius 3 is 1.95 bits per heavy atom. The standard InChI is InChI=1S/C16H24N2O.ClH/c1-16(2,3)14-7-5-13(6-8-14)15(19)18-11-9-17(4)10-12-18;/h5-8H,9-12H2,1-4H3;1H. The highest BCUT2D eigenvalue weighted by Crippen LogP contribution is 2.22. The first-order valence-electron chi connectivity index (χ1n) is 6.96. The van der Waals surface area contributed by atoms with Crippen molar-refractivity contribution in [3.63, 3.8) is 0 Å². The zero-order valence-electron chi connectivity index (χ0n) is 12.8. The summed E-state index contributed by atoms with van der Waals surface area (Å²) in [4.78, 5) is 16.6. The first kappa shape index (κ1) is 17.0. The van der Waals surface area contributed by atoms with Crippen LogP contribution in [0.1, 0.15) is 36.7 Å². The lowest BCUT2D eigenvalue weighted by molar-refractivity contribution is 0.0664. The fourth-order valence-corrected chi connectivity index (χ4v) is 2.30. The molecular weight excluding hydrogens is 272 g/mol. The summed E-state index contributed by atoms with van der Waals surface area (Å²) in [7, 11) is 2.10. The second-order valence-electron chi connectivity index (χ2n) is 6.42. The van der Waals surface area contributed by atoms with Gasteiger partial charge in [-0.2, -0.15) is 0 Å². The van der Waals surface area contributed by atoms with Gasteiger partial charge in [0.05, 0.1) is 0 Å². The van der Waals surface area contributed by atoms with Crippen LogP contribution in [0.2, 0.25) is 0 Å². The Balaban J connectivity index is 0.00000200. The molecule has 1 aliphatic rings. The van der Waals surface area contributed by atoms with E-state index in [9.17, 15) is 4.79 Å². The molecule has 0 atom stereocenters. The number of carbonyl (C=O) groups excluding carboxylic acids is 1. The van der Waals surface area contributed by atoms with Gasteiger partial charge in [-0.15, -0.1) is 12.4 Å². The van der Waals surface area contributed by atoms with Crippen molar-refractivity contribution in [1.29, 1.82) is 0 Å². The maximum atomic E-state index is 12.4. The van der Waals surface area contributed by atoms with Crippen LogP contribution in [-0.4, -0.2) is 48.9 Å². The Kier molecular flexibility index (Phi) is 5.60. The van der Waals surface area contributed by atoms with E-state index in [0.717, 1.165) is 31.7 Å². The van der Waals surface area contributed by atoms with E-state index >= 15 is 0 Å². The third-order valence-electron chi connectivity index (χ3n) is 3.79. The molecule has 1 aromatic carbocycles. The normalized spacial score (nSPS) is 16.7. The second-order valence-corrected chi connectivity index (χ2v) is 6.42. The lowest BCUT2D eigenvalue weighted by Crippen LogP contribution is -2.47. The molecule has 0 spiro atoms. The van der Waals surface area contributed by atoms with Crippen LogP contribution >= 0.6 is 12.4 Å². The third kappa shape index (κ3) is 3.97. The first-order valence-corrected chi connectivity index (χ1v) is 6.96. The highest BCUT2D eigenvalue weighted by Gasteiger charge is 2.21. The van der Waals surface area contributed by atoms with Crippen LogP contribution in [-0.2, 0) is 5.41 Å². The Bertz CT molecular complexity index is 443. The van der Waals surface area contributed by atoms with Crippen LogP contribution in [0.3, 0.4) is 0 Å². The Labute approximate surface area is 128 Å². The highest BCUT2D eigenvalue weighted by atomic mass is 35.5. The molecule has 0 saturated carbocycles. The number of carbonyl (C=O) groups is 1. The number of piperazine rings is 1. The van der Waals surface area contributed by atoms with Crippen LogP contribution < -0.4 is 0 Å². The van der Waals surface area contributed by atoms with Gasteiger partial charge in [0.15, 0.2) is 0 Å². The average molecular weight is 297 g/mol. The maximum Gasteiger partial charge on any atom is 0.253 e. The number of amides is 1. The van der Waals surface area contributed by atoms with Crippen molar-refractivity contribution < 1.29 is 4.79 Å². The minimum absolute atomic E-state index is 0. The van der Waals surface area contributed by atoms with Gasteiger partial charge in [0.25, 0.3) is 5.91 Å². The van der Waals surface area contributed by atoms with E-state index in [1.165, 1.54) is 5.56 Å². The average Bonchev–Trinajstić information content (AvgIpc) is 2.38. The number of benzene rings is 1. The third-order valence-corrected chi connectivity index (χ3v) is 3.79. The van der Waals surface area contributed by atoms with Crippen molar-refractivity contribution in [1.82, 2.24) is 9.80 Å². The number of likely N-dealkylation sites (N-methyl/N-ethyl adjacent to an activating group) is 1. The van der Waals surface area contributed by atoms with E-state index in [4.69, 9.17) is 0 Å². The first-order chi connectivity index (χ1) is 8.88. The SMILES string of the molecule is CN1CCN(C(=O)c2ccc(C(C)(C)C)cc2)CC1.Cl. The van der Waals surface area contributed by atoms with Gasteiger partial charge in [-0.25, -0.2) is 0 Å². The van der Waals surface area contributed by atoms with Gasteiger partial charge in [0, 0.05) is 31.7 Å². The molecule has 20 heavy (non-hydrogen) atoms. The summed E-state index contributed by atoms with van der Waals surface area (Å²) in [6.07, 6.45) is 0. The molecule has 0 radical (unpaired) electrons. The van der Waals surface area contributed by atoms with Gasteiger partial charge in [-0.1, -0.05) is 32.9 Å². The molecule has 0 bridgehead atoms. The minimum Gasteiger partial charge on any atom is -0.336 e. The summed E-state index contributed by atoms with van der Waals surface area (Å²) in [5.74, 6) is 0.161. The summed E-state index contributed by atoms with van der Waals surface area (Å²) in [5, 5.41) is 0. The maximum absolute atomic E-state index is 12.4. The molecule has 1 heterocycles. The highest BCUT2D eigenvalue weighted by molar-refractivity contribution is 5.94. The van der Waals surface area contributed by atoms with E-state index in [0.29, 0.717) is 0 Å². The summed E-state index contributed by atoms with van der Waals surface area (Å²) < 4.78 is 0. The number of rotatable bonds is 1. The smallest absolute Gasteiger partial charge is 0.253 e. The molecule has 2 rings (SSSR count). The van der Waals surface area contributed by atoms with Crippen molar-refractivity contribution in [2.75, 3.05) is 33.2 Å². The summed E-state index contributed by atoms with van der Waals surface area (Å²) >= 11 is 0. The summed E-state index contributed by atoms with van der Waals surface area (Å²) in [6, 6.07) is 8.06. The number of nitrogens with zero attached hydrogens (tertiary/aromatic N) is 2. The van der Waals surface area contributed by atoms with Gasteiger partial charge in [0.1, 0.15) is 0 Å². The molecule has 1 aromatic rings. The fraction of sp³-hybridized carbons (Fsp3) is 0.562. The van der Waals surface area contributed by atoms with Crippen molar-refractivity contribution in [2.45, 2.75) is 26.2 Å². The second kappa shape index (κ2) is 6.59. The molecule has 0 unspecified atom stereocenters. The molecule has 1 aliphatic heterocycles. The molecule has 0 N–H and O–H groups in total. The number of hydrogen-bond acceptors (Lipinski definition) is 2. The molecule has 1 amide bonds. The number of hydrogen-bond donors (Lipinski definition) is 0. The minimum atomic E-state index is 0. The van der Waals surface area contributed by atoms with Crippen molar-refractivity contribution in [3.8, 4) is 0 Å². The zero-order chi connectivity index (χ0) is 14.0. The molecule has 4 heteroatoms. The fourth-order valence-electron chi connectivity index (χ4n) is 2.30. The van der Waals surface area contributed by atoms with Gasteiger partial charge in [0.2, 0.25) is 0 Å². The van der Waals surface area contributed by atoms with Crippen molar-refractivity contribution in [2.24, 2.45) is 0 Å². The van der Waals surface area contributed by atoms with Crippen LogP contribution in [0.15, 0.2) is 24.3 Å². The van der Waals surface area contributed by atoms with Crippen LogP contribution in [0.5, 0.6) is 0 Å². The molecular formula is C16H25ClN2O. The van der Waals surface area contributed by atoms with Crippen LogP contribution in [0, 0.1) is 0 Å². The monoisotopic (exact) mass is 296 g/mol. The largest absolute Gasteiger partial charge is 0.336 e. The topological polar surface area (TPSA) is 23.6 Å². The summed E-state index contributed by atoms with van der Waals surface area (Å²) in [5.41, 5.74) is 2.20. The predicted octanol–water partition coefficient (Wildman–Crippen LogP) is 2.79. The van der Waals surface area contributed by atoms with Gasteiger partial charge >= 0.3 is 0 Å². The molecule has 0 aliphatic carbocycles. The molecule has 1 fully saturated rings. The zero-order valence-corrected chi connectivity index (χ0v) is 13.7. The van der Waals surface area contributed by atoms with E-state index in [1.807, 2.05) is 17.0 Å². The van der Waals surface area contributed by atoms with E-state index < -0.39 is 0 Å².